The average Bonchev–Trinajstić information content (AvgIpc) is 2.71. The van der Waals surface area contributed by atoms with Crippen LogP contribution in [0.5, 0.6) is 0 Å². The van der Waals surface area contributed by atoms with Gasteiger partial charge in [0.2, 0.25) is 0 Å². The van der Waals surface area contributed by atoms with E-state index < -0.39 is 0 Å². The quantitative estimate of drug-likeness (QED) is 0.861. The van der Waals surface area contributed by atoms with Crippen molar-refractivity contribution >= 4 is 0 Å². The molecule has 1 heterocycles. The third-order valence-electron chi connectivity index (χ3n) is 4.71. The van der Waals surface area contributed by atoms with Crippen LogP contribution in [0.3, 0.4) is 0 Å². The van der Waals surface area contributed by atoms with Crippen molar-refractivity contribution in [1.29, 1.82) is 0 Å². The Bertz CT molecular complexity index is 365. The van der Waals surface area contributed by atoms with Crippen LogP contribution in [0.25, 0.3) is 0 Å². The van der Waals surface area contributed by atoms with Gasteiger partial charge in [0.25, 0.3) is 0 Å². The minimum Gasteiger partial charge on any atom is -0.330 e. The van der Waals surface area contributed by atoms with Crippen LogP contribution in [0.4, 0.5) is 0 Å². The maximum absolute atomic E-state index is 5.92. The second kappa shape index (κ2) is 4.43. The summed E-state index contributed by atoms with van der Waals surface area (Å²) in [7, 11) is 0. The fourth-order valence-corrected chi connectivity index (χ4v) is 3.19. The van der Waals surface area contributed by atoms with Crippen molar-refractivity contribution < 1.29 is 0 Å². The van der Waals surface area contributed by atoms with Crippen molar-refractivity contribution in [2.45, 2.75) is 38.8 Å². The predicted octanol–water partition coefficient (Wildman–Crippen LogP) is 2.52. The van der Waals surface area contributed by atoms with Gasteiger partial charge in [0.05, 0.1) is 0 Å². The van der Waals surface area contributed by atoms with Gasteiger partial charge >= 0.3 is 0 Å². The van der Waals surface area contributed by atoms with Crippen molar-refractivity contribution in [2.24, 2.45) is 11.1 Å². The van der Waals surface area contributed by atoms with E-state index in [4.69, 9.17) is 5.73 Å². The topological polar surface area (TPSA) is 29.3 Å². The van der Waals surface area contributed by atoms with E-state index in [0.29, 0.717) is 5.41 Å². The molecule has 3 rings (SSSR count). The molecule has 1 aliphatic heterocycles. The van der Waals surface area contributed by atoms with Gasteiger partial charge in [0.1, 0.15) is 0 Å². The fraction of sp³-hybridized carbons (Fsp3) is 0.600. The summed E-state index contributed by atoms with van der Waals surface area (Å²) in [4.78, 5) is 2.57. The van der Waals surface area contributed by atoms with Crippen molar-refractivity contribution in [1.82, 2.24) is 4.90 Å². The van der Waals surface area contributed by atoms with Crippen molar-refractivity contribution in [2.75, 3.05) is 13.1 Å². The maximum Gasteiger partial charge on any atom is 0.0240 e. The second-order valence-electron chi connectivity index (χ2n) is 5.79. The highest BCUT2D eigenvalue weighted by Gasteiger charge is 2.35. The molecule has 1 aromatic rings. The Morgan fingerprint density at radius 1 is 1.12 bits per heavy atom. The number of fused-ring (bicyclic) bond motifs is 1. The van der Waals surface area contributed by atoms with E-state index in [9.17, 15) is 0 Å². The van der Waals surface area contributed by atoms with E-state index in [0.717, 1.165) is 19.6 Å². The Hall–Kier alpha value is -0.860. The van der Waals surface area contributed by atoms with Gasteiger partial charge in [-0.2, -0.15) is 0 Å². The smallest absolute Gasteiger partial charge is 0.0240 e. The first-order chi connectivity index (χ1) is 8.31. The molecule has 17 heavy (non-hydrogen) atoms. The third kappa shape index (κ3) is 2.12. The summed E-state index contributed by atoms with van der Waals surface area (Å²) in [5.41, 5.74) is 9.45. The van der Waals surface area contributed by atoms with E-state index in [1.165, 1.54) is 43.4 Å². The first-order valence-electron chi connectivity index (χ1n) is 6.81. The monoisotopic (exact) mass is 230 g/mol. The van der Waals surface area contributed by atoms with Crippen LogP contribution >= 0.6 is 0 Å². The van der Waals surface area contributed by atoms with Gasteiger partial charge in [0, 0.05) is 13.1 Å². The molecule has 2 N–H and O–H groups in total. The molecule has 1 fully saturated rings. The lowest BCUT2D eigenvalue weighted by atomic mass is 9.66. The Morgan fingerprint density at radius 3 is 2.24 bits per heavy atom. The first-order valence-corrected chi connectivity index (χ1v) is 6.81. The maximum atomic E-state index is 5.92. The second-order valence-corrected chi connectivity index (χ2v) is 5.79. The highest BCUT2D eigenvalue weighted by Crippen LogP contribution is 2.43. The molecule has 0 radical (unpaired) electrons. The van der Waals surface area contributed by atoms with E-state index in [-0.39, 0.29) is 0 Å². The minimum absolute atomic E-state index is 0.495. The highest BCUT2D eigenvalue weighted by atomic mass is 15.1. The summed E-state index contributed by atoms with van der Waals surface area (Å²) in [6, 6.07) is 8.82. The van der Waals surface area contributed by atoms with Gasteiger partial charge in [-0.3, -0.25) is 4.90 Å². The number of hydrogen-bond acceptors (Lipinski definition) is 2. The van der Waals surface area contributed by atoms with Gasteiger partial charge in [-0.05, 0) is 48.9 Å². The number of nitrogens with zero attached hydrogens (tertiary/aromatic N) is 1. The lowest BCUT2D eigenvalue weighted by molar-refractivity contribution is 0.105. The lowest BCUT2D eigenvalue weighted by Gasteiger charge is -2.42. The number of rotatable bonds is 4. The molecule has 1 aliphatic carbocycles. The molecule has 92 valence electrons. The zero-order chi connectivity index (χ0) is 11.7. The van der Waals surface area contributed by atoms with E-state index in [2.05, 4.69) is 29.2 Å². The Balaban J connectivity index is 1.55. The Kier molecular flexibility index (Phi) is 2.93. The summed E-state index contributed by atoms with van der Waals surface area (Å²) in [5.74, 6) is 0. The molecule has 0 unspecified atom stereocenters. The van der Waals surface area contributed by atoms with Crippen LogP contribution in [0, 0.1) is 5.41 Å². The molecule has 0 amide bonds. The zero-order valence-electron chi connectivity index (χ0n) is 10.5. The fourth-order valence-electron chi connectivity index (χ4n) is 3.19. The normalized spacial score (nSPS) is 22.2. The van der Waals surface area contributed by atoms with Gasteiger partial charge in [-0.1, -0.05) is 30.7 Å². The third-order valence-corrected chi connectivity index (χ3v) is 4.71. The van der Waals surface area contributed by atoms with E-state index in [1.807, 2.05) is 0 Å². The van der Waals surface area contributed by atoms with Crippen LogP contribution in [-0.4, -0.2) is 18.0 Å². The van der Waals surface area contributed by atoms with Gasteiger partial charge in [0.15, 0.2) is 0 Å². The predicted molar refractivity (Wildman–Crippen MR) is 70.5 cm³/mol. The largest absolute Gasteiger partial charge is 0.330 e. The molecule has 1 aromatic carbocycles. The van der Waals surface area contributed by atoms with Crippen LogP contribution in [0.2, 0.25) is 0 Å². The average molecular weight is 230 g/mol. The first kappa shape index (κ1) is 11.2. The summed E-state index contributed by atoms with van der Waals surface area (Å²) in [5, 5.41) is 0. The van der Waals surface area contributed by atoms with E-state index in [1.54, 1.807) is 0 Å². The molecule has 2 heteroatoms. The van der Waals surface area contributed by atoms with Crippen LogP contribution < -0.4 is 5.73 Å². The summed E-state index contributed by atoms with van der Waals surface area (Å²) >= 11 is 0. The summed E-state index contributed by atoms with van der Waals surface area (Å²) in [6.07, 6.45) is 5.38. The van der Waals surface area contributed by atoms with Crippen molar-refractivity contribution in [3.05, 3.63) is 35.4 Å². The van der Waals surface area contributed by atoms with Crippen LogP contribution in [0.1, 0.15) is 36.8 Å². The van der Waals surface area contributed by atoms with Gasteiger partial charge < -0.3 is 5.73 Å². The molecule has 0 saturated heterocycles. The van der Waals surface area contributed by atoms with Crippen molar-refractivity contribution in [3.8, 4) is 0 Å². The van der Waals surface area contributed by atoms with Crippen LogP contribution in [0.15, 0.2) is 24.3 Å². The molecule has 0 atom stereocenters. The molecular formula is C15H22N2. The van der Waals surface area contributed by atoms with E-state index >= 15 is 0 Å². The van der Waals surface area contributed by atoms with Gasteiger partial charge in [-0.25, -0.2) is 0 Å². The molecular weight excluding hydrogens is 208 g/mol. The SMILES string of the molecule is NCC1(CCN2Cc3ccccc3C2)CCC1. The Labute approximate surface area is 104 Å². The Morgan fingerprint density at radius 2 is 1.76 bits per heavy atom. The van der Waals surface area contributed by atoms with Crippen molar-refractivity contribution in [3.63, 3.8) is 0 Å². The number of hydrogen-bond donors (Lipinski definition) is 1. The summed E-state index contributed by atoms with van der Waals surface area (Å²) < 4.78 is 0. The molecule has 0 spiro atoms. The van der Waals surface area contributed by atoms with Crippen LogP contribution in [-0.2, 0) is 13.1 Å². The molecule has 1 saturated carbocycles. The highest BCUT2D eigenvalue weighted by molar-refractivity contribution is 5.30. The molecule has 2 nitrogen and oxygen atoms in total. The molecule has 0 aromatic heterocycles. The lowest BCUT2D eigenvalue weighted by Crippen LogP contribution is -2.39. The molecule has 2 aliphatic rings. The summed E-state index contributed by atoms with van der Waals surface area (Å²) in [6.45, 7) is 4.37. The standard InChI is InChI=1S/C15H22N2/c16-12-15(6-3-7-15)8-9-17-10-13-4-1-2-5-14(13)11-17/h1-2,4-5H,3,6-12,16H2. The zero-order valence-corrected chi connectivity index (χ0v) is 10.5. The number of benzene rings is 1. The number of nitrogens with two attached hydrogens (primary N) is 1. The van der Waals surface area contributed by atoms with Gasteiger partial charge in [-0.15, -0.1) is 0 Å². The minimum atomic E-state index is 0.495. The molecule has 0 bridgehead atoms.